The quantitative estimate of drug-likeness (QED) is 0.203. The number of Topliss-reactive ketones (excluding diaryl/α,β-unsaturated/α-hetero) is 1. The Balaban J connectivity index is 1.30. The number of benzene rings is 1. The summed E-state index contributed by atoms with van der Waals surface area (Å²) in [4.78, 5) is 56.7. The predicted octanol–water partition coefficient (Wildman–Crippen LogP) is 8.33. The molecule has 0 aromatic heterocycles. The highest BCUT2D eigenvalue weighted by molar-refractivity contribution is 6.00. The Morgan fingerprint density at radius 3 is 2.18 bits per heavy atom. The summed E-state index contributed by atoms with van der Waals surface area (Å²) >= 11 is 0. The number of fused-ring (bicyclic) bond motifs is 7. The van der Waals surface area contributed by atoms with Crippen LogP contribution in [-0.4, -0.2) is 83.0 Å². The molecule has 57 heavy (non-hydrogen) atoms. The molecule has 1 aromatic rings. The fourth-order valence-corrected chi connectivity index (χ4v) is 13.7. The summed E-state index contributed by atoms with van der Waals surface area (Å²) in [6.07, 6.45) is 6.40. The van der Waals surface area contributed by atoms with E-state index >= 15 is 0 Å². The second kappa shape index (κ2) is 15.2. The van der Waals surface area contributed by atoms with E-state index in [-0.39, 0.29) is 70.8 Å². The summed E-state index contributed by atoms with van der Waals surface area (Å²) < 4.78 is 6.18. The van der Waals surface area contributed by atoms with E-state index in [1.165, 1.54) is 5.57 Å². The fourth-order valence-electron chi connectivity index (χ4n) is 13.7. The van der Waals surface area contributed by atoms with Gasteiger partial charge in [0.2, 0.25) is 5.91 Å². The van der Waals surface area contributed by atoms with E-state index in [0.29, 0.717) is 24.8 Å². The lowest BCUT2D eigenvalue weighted by atomic mass is 9.33. The van der Waals surface area contributed by atoms with Crippen LogP contribution >= 0.6 is 0 Å². The molecule has 9 heteroatoms. The molecule has 0 bridgehead atoms. The largest absolute Gasteiger partial charge is 0.481 e. The molecule has 0 aliphatic heterocycles. The number of aliphatic hydroxyl groups is 1. The van der Waals surface area contributed by atoms with Gasteiger partial charge < -0.3 is 24.7 Å². The molecule has 1 aromatic carbocycles. The average Bonchev–Trinajstić information content (AvgIpc) is 3.42. The van der Waals surface area contributed by atoms with Gasteiger partial charge in [-0.1, -0.05) is 84.4 Å². The van der Waals surface area contributed by atoms with Crippen molar-refractivity contribution in [1.29, 1.82) is 0 Å². The van der Waals surface area contributed by atoms with Gasteiger partial charge in [-0.25, -0.2) is 0 Å². The number of carboxylic acid groups (broad SMARTS) is 1. The van der Waals surface area contributed by atoms with E-state index in [2.05, 4.69) is 48.5 Å². The zero-order valence-electron chi connectivity index (χ0n) is 36.9. The third kappa shape index (κ3) is 7.23. The van der Waals surface area contributed by atoms with Crippen molar-refractivity contribution in [3.63, 3.8) is 0 Å². The Labute approximate surface area is 342 Å². The summed E-state index contributed by atoms with van der Waals surface area (Å²) in [5.74, 6) is -0.326. The van der Waals surface area contributed by atoms with Crippen LogP contribution in [0.3, 0.4) is 0 Å². The molecule has 316 valence electrons. The number of ether oxygens (including phenoxy) is 1. The van der Waals surface area contributed by atoms with Gasteiger partial charge >= 0.3 is 11.9 Å². The number of likely N-dealkylation sites (N-methyl/N-ethyl adjacent to an activating group) is 1. The van der Waals surface area contributed by atoms with Crippen molar-refractivity contribution in [2.75, 3.05) is 27.2 Å². The lowest BCUT2D eigenvalue weighted by Gasteiger charge is -2.72. The van der Waals surface area contributed by atoms with E-state index in [1.54, 1.807) is 18.7 Å². The van der Waals surface area contributed by atoms with Gasteiger partial charge in [0.1, 0.15) is 6.10 Å². The standard InChI is InChI=1S/C48H72N2O7/c1-30(2)40-33(51)25-48(36(52)28-50(38(53)29-49(10)11)27-31-15-13-12-14-16-31)24-23-46(8)32(41(40)48)17-18-35-45(7)21-20-37(57-39(54)26-43(3,4)42(55)56)44(5,6)34(45)19-22-47(35,46)9/h12-16,30,32,34-37,52H,17-29H2,1-11H3,(H,55,56)/t32-,34+,35-,36+,37?,45+,46-,47-,48+/m1/s1. The number of carbonyl (C=O) groups excluding carboxylic acids is 3. The minimum Gasteiger partial charge on any atom is -0.481 e. The molecule has 1 unspecified atom stereocenters. The number of rotatable bonds is 12. The predicted molar refractivity (Wildman–Crippen MR) is 222 cm³/mol. The van der Waals surface area contributed by atoms with Crippen LogP contribution in [0.4, 0.5) is 0 Å². The summed E-state index contributed by atoms with van der Waals surface area (Å²) in [6.45, 7) is 20.3. The van der Waals surface area contributed by atoms with Crippen molar-refractivity contribution >= 4 is 23.6 Å². The van der Waals surface area contributed by atoms with E-state index in [0.717, 1.165) is 62.5 Å². The zero-order chi connectivity index (χ0) is 42.1. The number of esters is 1. The third-order valence-corrected chi connectivity index (χ3v) is 16.9. The minimum atomic E-state index is -1.18. The Bertz CT molecular complexity index is 1770. The number of aliphatic carboxylic acids is 1. The third-order valence-electron chi connectivity index (χ3n) is 16.9. The lowest BCUT2D eigenvalue weighted by Crippen LogP contribution is -2.66. The van der Waals surface area contributed by atoms with Crippen molar-refractivity contribution < 1.29 is 34.1 Å². The van der Waals surface area contributed by atoms with Crippen LogP contribution in [0.15, 0.2) is 41.5 Å². The molecule has 5 aliphatic rings. The number of carboxylic acids is 1. The zero-order valence-corrected chi connectivity index (χ0v) is 36.9. The Morgan fingerprint density at radius 1 is 0.895 bits per heavy atom. The summed E-state index contributed by atoms with van der Waals surface area (Å²) in [6, 6.07) is 9.96. The molecule has 2 N–H and O–H groups in total. The maximum Gasteiger partial charge on any atom is 0.309 e. The number of nitrogens with zero attached hydrogens (tertiary/aromatic N) is 2. The second-order valence-corrected chi connectivity index (χ2v) is 21.6. The number of hydrogen-bond donors (Lipinski definition) is 2. The molecule has 0 saturated heterocycles. The molecule has 4 saturated carbocycles. The highest BCUT2D eigenvalue weighted by Gasteiger charge is 2.71. The monoisotopic (exact) mass is 789 g/mol. The molecule has 9 atom stereocenters. The normalized spacial score (nSPS) is 35.2. The van der Waals surface area contributed by atoms with Gasteiger partial charge in [0, 0.05) is 30.3 Å². The molecule has 5 aliphatic carbocycles. The average molecular weight is 789 g/mol. The van der Waals surface area contributed by atoms with Crippen molar-refractivity contribution in [1.82, 2.24) is 9.80 Å². The van der Waals surface area contributed by atoms with Crippen molar-refractivity contribution in [2.24, 2.45) is 56.2 Å². The van der Waals surface area contributed by atoms with E-state index in [1.807, 2.05) is 49.3 Å². The summed E-state index contributed by atoms with van der Waals surface area (Å²) in [5.41, 5.74) is 0.912. The molecule has 1 amide bonds. The summed E-state index contributed by atoms with van der Waals surface area (Å²) in [7, 11) is 3.78. The fraction of sp³-hybridized carbons (Fsp3) is 0.750. The van der Waals surface area contributed by atoms with Crippen LogP contribution in [-0.2, 0) is 30.5 Å². The van der Waals surface area contributed by atoms with E-state index in [9.17, 15) is 29.4 Å². The van der Waals surface area contributed by atoms with Gasteiger partial charge in [0.05, 0.1) is 24.5 Å². The molecular formula is C48H72N2O7. The topological polar surface area (TPSA) is 124 Å². The first-order valence-corrected chi connectivity index (χ1v) is 21.8. The molecule has 0 heterocycles. The van der Waals surface area contributed by atoms with Gasteiger partial charge in [0.15, 0.2) is 5.78 Å². The Kier molecular flexibility index (Phi) is 11.6. The number of allylic oxidation sites excluding steroid dienone is 1. The number of hydrogen-bond acceptors (Lipinski definition) is 7. The van der Waals surface area contributed by atoms with Gasteiger partial charge in [0.25, 0.3) is 0 Å². The van der Waals surface area contributed by atoms with Crippen molar-refractivity contribution in [3.8, 4) is 0 Å². The number of amides is 1. The van der Waals surface area contributed by atoms with Gasteiger partial charge in [-0.3, -0.25) is 19.2 Å². The van der Waals surface area contributed by atoms with Gasteiger partial charge in [-0.15, -0.1) is 0 Å². The first-order chi connectivity index (χ1) is 26.4. The molecule has 0 spiro atoms. The molecule has 6 rings (SSSR count). The molecule has 4 fully saturated rings. The molecule has 0 radical (unpaired) electrons. The number of aliphatic hydroxyl groups excluding tert-OH is 1. The van der Waals surface area contributed by atoms with Gasteiger partial charge in [-0.05, 0) is 130 Å². The van der Waals surface area contributed by atoms with Crippen LogP contribution < -0.4 is 0 Å². The SMILES string of the molecule is CC(C)C1=C2[C@H]3CC[C@@H]4[C@@]5(C)CCC(OC(=O)CC(C)(C)C(=O)O)C(C)(C)[C@@H]5CC[C@@]4(C)[C@]3(C)CC[C@@]2([C@@H](O)CN(Cc2ccccc2)C(=O)CN(C)C)CC1=O. The number of ketones is 1. The molecule has 9 nitrogen and oxygen atoms in total. The van der Waals surface area contributed by atoms with E-state index in [4.69, 9.17) is 4.74 Å². The van der Waals surface area contributed by atoms with Crippen LogP contribution in [0.5, 0.6) is 0 Å². The highest BCUT2D eigenvalue weighted by atomic mass is 16.5. The first kappa shape index (κ1) is 43.5. The maximum atomic E-state index is 14.3. The van der Waals surface area contributed by atoms with Crippen molar-refractivity contribution in [2.45, 2.75) is 145 Å². The Hall–Kier alpha value is -3.04. The molecular weight excluding hydrogens is 717 g/mol. The lowest BCUT2D eigenvalue weighted by molar-refractivity contribution is -0.235. The van der Waals surface area contributed by atoms with Gasteiger partial charge in [-0.2, -0.15) is 0 Å². The smallest absolute Gasteiger partial charge is 0.309 e. The highest BCUT2D eigenvalue weighted by Crippen LogP contribution is 2.77. The van der Waals surface area contributed by atoms with Crippen LogP contribution in [0.1, 0.15) is 132 Å². The second-order valence-electron chi connectivity index (χ2n) is 21.6. The van der Waals surface area contributed by atoms with Crippen LogP contribution in [0.25, 0.3) is 0 Å². The van der Waals surface area contributed by atoms with Crippen LogP contribution in [0, 0.1) is 56.2 Å². The van der Waals surface area contributed by atoms with Crippen molar-refractivity contribution in [3.05, 3.63) is 47.0 Å². The first-order valence-electron chi connectivity index (χ1n) is 21.8. The maximum absolute atomic E-state index is 14.3. The number of carbonyl (C=O) groups is 4. The minimum absolute atomic E-state index is 0.00880. The van der Waals surface area contributed by atoms with Crippen LogP contribution in [0.2, 0.25) is 0 Å². The summed E-state index contributed by atoms with van der Waals surface area (Å²) in [5, 5.41) is 22.3. The van der Waals surface area contributed by atoms with E-state index < -0.39 is 28.9 Å². The Morgan fingerprint density at radius 2 is 1.56 bits per heavy atom.